The highest BCUT2D eigenvalue weighted by Gasteiger charge is 2.31. The number of likely N-dealkylation sites (tertiary alicyclic amines) is 1. The van der Waals surface area contributed by atoms with Crippen molar-refractivity contribution in [1.82, 2.24) is 14.1 Å². The summed E-state index contributed by atoms with van der Waals surface area (Å²) in [4.78, 5) is 18.3. The zero-order chi connectivity index (χ0) is 26.4. The van der Waals surface area contributed by atoms with Crippen LogP contribution in [0.4, 0.5) is 4.39 Å². The Kier molecular flexibility index (Phi) is 9.61. The predicted molar refractivity (Wildman–Crippen MR) is 146 cm³/mol. The zero-order valence-electron chi connectivity index (χ0n) is 20.2. The monoisotopic (exact) mass is 583 g/mol. The van der Waals surface area contributed by atoms with E-state index >= 15 is 0 Å². The van der Waals surface area contributed by atoms with Crippen LogP contribution >= 0.6 is 34.5 Å². The summed E-state index contributed by atoms with van der Waals surface area (Å²) in [6.45, 7) is 2.61. The molecule has 0 bridgehead atoms. The predicted octanol–water partition coefficient (Wildman–Crippen LogP) is 5.51. The molecule has 11 heteroatoms. The van der Waals surface area contributed by atoms with Gasteiger partial charge in [-0.3, -0.25) is 4.79 Å². The molecule has 2 heterocycles. The molecule has 0 radical (unpaired) electrons. The van der Waals surface area contributed by atoms with E-state index in [1.807, 2.05) is 17.5 Å². The third-order valence-corrected chi connectivity index (χ3v) is 9.68. The number of amides is 1. The average molecular weight is 585 g/mol. The Bertz CT molecular complexity index is 1300. The normalized spacial score (nSPS) is 14.4. The maximum atomic E-state index is 13.7. The second-order valence-corrected chi connectivity index (χ2v) is 12.7. The fourth-order valence-electron chi connectivity index (χ4n) is 4.24. The summed E-state index contributed by atoms with van der Waals surface area (Å²) in [5.41, 5.74) is 0.746. The minimum absolute atomic E-state index is 0.0461. The Morgan fingerprint density at radius 1 is 1.03 bits per heavy atom. The topological polar surface area (TPSA) is 60.9 Å². The molecule has 0 N–H and O–H groups in total. The van der Waals surface area contributed by atoms with Gasteiger partial charge in [-0.1, -0.05) is 41.4 Å². The van der Waals surface area contributed by atoms with Gasteiger partial charge in [-0.05, 0) is 73.3 Å². The van der Waals surface area contributed by atoms with E-state index in [2.05, 4.69) is 4.90 Å². The molecule has 0 spiro atoms. The molecule has 1 aliphatic heterocycles. The molecule has 1 aliphatic rings. The minimum Gasteiger partial charge on any atom is -0.332 e. The number of carbonyl (C=O) groups excluding carboxylic acids is 1. The molecule has 0 unspecified atom stereocenters. The van der Waals surface area contributed by atoms with Crippen molar-refractivity contribution in [2.24, 2.45) is 0 Å². The first-order valence-electron chi connectivity index (χ1n) is 11.9. The molecule has 1 amide bonds. The van der Waals surface area contributed by atoms with Crippen LogP contribution in [0.2, 0.25) is 10.0 Å². The van der Waals surface area contributed by atoms with Crippen LogP contribution in [-0.4, -0.2) is 61.2 Å². The number of nitrogens with zero attached hydrogens (tertiary/aromatic N) is 3. The molecular formula is C26H28Cl2FN3O3S2. The fraction of sp³-hybridized carbons (Fsp3) is 0.346. The number of thiophene rings is 1. The van der Waals surface area contributed by atoms with Crippen molar-refractivity contribution in [3.8, 4) is 0 Å². The van der Waals surface area contributed by atoms with E-state index < -0.39 is 10.0 Å². The first-order chi connectivity index (χ1) is 17.7. The van der Waals surface area contributed by atoms with Crippen molar-refractivity contribution in [3.05, 3.63) is 86.3 Å². The van der Waals surface area contributed by atoms with Gasteiger partial charge in [0, 0.05) is 29.5 Å². The van der Waals surface area contributed by atoms with Crippen LogP contribution < -0.4 is 0 Å². The van der Waals surface area contributed by atoms with Crippen LogP contribution in [0.5, 0.6) is 0 Å². The van der Waals surface area contributed by atoms with E-state index in [-0.39, 0.29) is 46.3 Å². The Morgan fingerprint density at radius 3 is 2.43 bits per heavy atom. The zero-order valence-corrected chi connectivity index (χ0v) is 23.3. The van der Waals surface area contributed by atoms with Crippen molar-refractivity contribution in [2.75, 3.05) is 32.7 Å². The van der Waals surface area contributed by atoms with Crippen molar-refractivity contribution < 1.29 is 17.6 Å². The molecule has 198 valence electrons. The molecular weight excluding hydrogens is 556 g/mol. The number of benzene rings is 2. The summed E-state index contributed by atoms with van der Waals surface area (Å²) < 4.78 is 42.1. The number of hydrogen-bond donors (Lipinski definition) is 0. The largest absolute Gasteiger partial charge is 0.332 e. The van der Waals surface area contributed by atoms with Crippen molar-refractivity contribution in [2.45, 2.75) is 30.8 Å². The number of sulfonamides is 1. The molecule has 0 saturated carbocycles. The summed E-state index contributed by atoms with van der Waals surface area (Å²) in [5.74, 6) is -0.724. The van der Waals surface area contributed by atoms with Gasteiger partial charge in [0.25, 0.3) is 0 Å². The SMILES string of the molecule is O=C(CN(CCN1CCCC1)S(=O)(=O)c1cc(Cl)ccc1Cl)N(Cc1ccc(F)cc1)Cc1cccs1. The molecule has 1 aromatic heterocycles. The van der Waals surface area contributed by atoms with Crippen LogP contribution in [-0.2, 0) is 27.9 Å². The number of halogens is 3. The molecule has 1 saturated heterocycles. The fourth-order valence-corrected chi connectivity index (χ4v) is 7.08. The van der Waals surface area contributed by atoms with E-state index in [0.29, 0.717) is 13.1 Å². The van der Waals surface area contributed by atoms with Crippen molar-refractivity contribution in [1.29, 1.82) is 0 Å². The van der Waals surface area contributed by atoms with Gasteiger partial charge < -0.3 is 9.80 Å². The van der Waals surface area contributed by atoms with Crippen LogP contribution in [0, 0.1) is 5.82 Å². The second-order valence-electron chi connectivity index (χ2n) is 8.92. The summed E-state index contributed by atoms with van der Waals surface area (Å²) in [5, 5.41) is 2.21. The van der Waals surface area contributed by atoms with Crippen LogP contribution in [0.1, 0.15) is 23.3 Å². The molecule has 0 aliphatic carbocycles. The molecule has 6 nitrogen and oxygen atoms in total. The minimum atomic E-state index is -4.12. The lowest BCUT2D eigenvalue weighted by Gasteiger charge is -2.28. The number of hydrogen-bond acceptors (Lipinski definition) is 5. The quantitative estimate of drug-likeness (QED) is 0.298. The highest BCUT2D eigenvalue weighted by molar-refractivity contribution is 7.89. The van der Waals surface area contributed by atoms with Crippen LogP contribution in [0.25, 0.3) is 0 Å². The molecule has 0 atom stereocenters. The average Bonchev–Trinajstić information content (AvgIpc) is 3.58. The Morgan fingerprint density at radius 2 is 1.76 bits per heavy atom. The van der Waals surface area contributed by atoms with Gasteiger partial charge in [0.2, 0.25) is 15.9 Å². The standard InChI is InChI=1S/C26H28Cl2FN3O3S2/c27-21-7-10-24(28)25(16-21)37(34,35)32(14-13-30-11-1-2-12-30)19-26(33)31(18-23-4-3-15-36-23)17-20-5-8-22(29)9-6-20/h3-10,15-16H,1-2,11-14,17-19H2. The molecule has 2 aromatic carbocycles. The second kappa shape index (κ2) is 12.7. The lowest BCUT2D eigenvalue weighted by molar-refractivity contribution is -0.132. The van der Waals surface area contributed by atoms with E-state index in [1.54, 1.807) is 17.0 Å². The smallest absolute Gasteiger partial charge is 0.245 e. The third-order valence-electron chi connectivity index (χ3n) is 6.25. The van der Waals surface area contributed by atoms with E-state index in [9.17, 15) is 17.6 Å². The Hall–Kier alpha value is -2.01. The Balaban J connectivity index is 1.60. The maximum Gasteiger partial charge on any atom is 0.245 e. The first-order valence-corrected chi connectivity index (χ1v) is 15.0. The van der Waals surface area contributed by atoms with Gasteiger partial charge in [0.1, 0.15) is 10.7 Å². The Labute approximate surface area is 231 Å². The van der Waals surface area contributed by atoms with E-state index in [4.69, 9.17) is 23.2 Å². The number of rotatable bonds is 11. The molecule has 4 rings (SSSR count). The number of carbonyl (C=O) groups is 1. The van der Waals surface area contributed by atoms with Gasteiger partial charge in [-0.2, -0.15) is 4.31 Å². The highest BCUT2D eigenvalue weighted by atomic mass is 35.5. The summed E-state index contributed by atoms with van der Waals surface area (Å²) >= 11 is 13.9. The van der Waals surface area contributed by atoms with Gasteiger partial charge in [0.05, 0.1) is 18.1 Å². The van der Waals surface area contributed by atoms with Crippen molar-refractivity contribution >= 4 is 50.5 Å². The molecule has 1 fully saturated rings. The van der Waals surface area contributed by atoms with E-state index in [0.717, 1.165) is 36.4 Å². The lowest BCUT2D eigenvalue weighted by atomic mass is 10.2. The summed E-state index contributed by atoms with van der Waals surface area (Å²) in [7, 11) is -4.12. The maximum absolute atomic E-state index is 13.7. The summed E-state index contributed by atoms with van der Waals surface area (Å²) in [6.07, 6.45) is 2.14. The van der Waals surface area contributed by atoms with Crippen molar-refractivity contribution in [3.63, 3.8) is 0 Å². The van der Waals surface area contributed by atoms with Gasteiger partial charge in [-0.25, -0.2) is 12.8 Å². The lowest BCUT2D eigenvalue weighted by Crippen LogP contribution is -2.45. The molecule has 3 aromatic rings. The van der Waals surface area contributed by atoms with Gasteiger partial charge >= 0.3 is 0 Å². The first kappa shape index (κ1) is 28.0. The third kappa shape index (κ3) is 7.52. The summed E-state index contributed by atoms with van der Waals surface area (Å²) in [6, 6.07) is 14.0. The molecule has 37 heavy (non-hydrogen) atoms. The highest BCUT2D eigenvalue weighted by Crippen LogP contribution is 2.28. The van der Waals surface area contributed by atoms with Crippen LogP contribution in [0.15, 0.2) is 64.9 Å². The van der Waals surface area contributed by atoms with Crippen LogP contribution in [0.3, 0.4) is 0 Å². The van der Waals surface area contributed by atoms with Gasteiger partial charge in [0.15, 0.2) is 0 Å². The van der Waals surface area contributed by atoms with Gasteiger partial charge in [-0.15, -0.1) is 11.3 Å². The van der Waals surface area contributed by atoms with E-state index in [1.165, 1.54) is 46.0 Å².